The van der Waals surface area contributed by atoms with Gasteiger partial charge in [-0.3, -0.25) is 4.79 Å². The molecule has 0 heterocycles. The third-order valence-electron chi connectivity index (χ3n) is 7.74. The lowest BCUT2D eigenvalue weighted by molar-refractivity contribution is -0.117. The van der Waals surface area contributed by atoms with Gasteiger partial charge in [-0.05, 0) is 79.6 Å². The van der Waals surface area contributed by atoms with Crippen LogP contribution < -0.4 is 0 Å². The van der Waals surface area contributed by atoms with Crippen LogP contribution in [0.4, 0.5) is 0 Å². The molecule has 0 saturated heterocycles. The van der Waals surface area contributed by atoms with Crippen LogP contribution >= 0.6 is 0 Å². The van der Waals surface area contributed by atoms with Crippen molar-refractivity contribution < 1.29 is 4.79 Å². The number of carbonyl (C=O) groups is 1. The van der Waals surface area contributed by atoms with Gasteiger partial charge in [0.1, 0.15) is 0 Å². The van der Waals surface area contributed by atoms with Crippen LogP contribution in [0.2, 0.25) is 0 Å². The van der Waals surface area contributed by atoms with E-state index in [4.69, 9.17) is 0 Å². The van der Waals surface area contributed by atoms with Crippen molar-refractivity contribution >= 4 is 5.78 Å². The molecular weight excluding hydrogens is 292 g/mol. The highest BCUT2D eigenvalue weighted by Gasteiger charge is 2.55. The minimum atomic E-state index is 0.362. The Labute approximate surface area is 150 Å². The Balaban J connectivity index is 0.000000487. The zero-order valence-electron chi connectivity index (χ0n) is 17.1. The zero-order valence-corrected chi connectivity index (χ0v) is 17.1. The molecule has 0 amide bonds. The summed E-state index contributed by atoms with van der Waals surface area (Å²) in [4.78, 5) is 11.8. The number of rotatable bonds is 0. The van der Waals surface area contributed by atoms with Gasteiger partial charge in [0.25, 0.3) is 0 Å². The summed E-state index contributed by atoms with van der Waals surface area (Å²) in [6.07, 6.45) is 13.8. The Morgan fingerprint density at radius 2 is 1.58 bits per heavy atom. The van der Waals surface area contributed by atoms with E-state index < -0.39 is 0 Å². The lowest BCUT2D eigenvalue weighted by Crippen LogP contribution is -2.49. The van der Waals surface area contributed by atoms with Crippen LogP contribution in [0.3, 0.4) is 0 Å². The van der Waals surface area contributed by atoms with Crippen LogP contribution in [0.15, 0.2) is 11.6 Å². The van der Waals surface area contributed by atoms with Crippen LogP contribution in [-0.4, -0.2) is 5.78 Å². The second kappa shape index (κ2) is 7.75. The molecule has 0 bridgehead atoms. The fourth-order valence-corrected chi connectivity index (χ4v) is 6.55. The van der Waals surface area contributed by atoms with Gasteiger partial charge >= 0.3 is 0 Å². The molecule has 0 aromatic heterocycles. The molecule has 0 radical (unpaired) electrons. The van der Waals surface area contributed by atoms with Gasteiger partial charge in [-0.15, -0.1) is 0 Å². The topological polar surface area (TPSA) is 17.1 Å². The summed E-state index contributed by atoms with van der Waals surface area (Å²) < 4.78 is 0. The Kier molecular flexibility index (Phi) is 6.37. The van der Waals surface area contributed by atoms with E-state index in [1.54, 1.807) is 0 Å². The summed E-state index contributed by atoms with van der Waals surface area (Å²) in [5.41, 5.74) is 2.53. The molecule has 24 heavy (non-hydrogen) atoms. The van der Waals surface area contributed by atoms with Crippen molar-refractivity contribution in [1.82, 2.24) is 0 Å². The van der Waals surface area contributed by atoms with E-state index in [1.807, 2.05) is 33.8 Å². The zero-order chi connectivity index (χ0) is 18.0. The van der Waals surface area contributed by atoms with Crippen LogP contribution in [0, 0.1) is 28.6 Å². The molecule has 4 aliphatic rings. The molecule has 0 aromatic carbocycles. The highest BCUT2D eigenvalue weighted by Crippen LogP contribution is 2.65. The number of hydrogen-bond donors (Lipinski definition) is 0. The monoisotopic (exact) mass is 332 g/mol. The van der Waals surface area contributed by atoms with Crippen molar-refractivity contribution in [1.29, 1.82) is 0 Å². The van der Waals surface area contributed by atoms with E-state index in [0.29, 0.717) is 16.6 Å². The molecule has 3 saturated carbocycles. The van der Waals surface area contributed by atoms with E-state index in [2.05, 4.69) is 13.8 Å². The molecule has 138 valence electrons. The molecule has 0 aromatic rings. The summed E-state index contributed by atoms with van der Waals surface area (Å²) >= 11 is 0. The first kappa shape index (κ1) is 19.7. The maximum atomic E-state index is 11.8. The number of hydrogen-bond acceptors (Lipinski definition) is 1. The normalized spacial score (nSPS) is 43.0. The van der Waals surface area contributed by atoms with Crippen molar-refractivity contribution in [3.05, 3.63) is 11.6 Å². The van der Waals surface area contributed by atoms with E-state index in [1.165, 1.54) is 50.5 Å². The highest BCUT2D eigenvalue weighted by atomic mass is 16.1. The summed E-state index contributed by atoms with van der Waals surface area (Å²) in [5, 5.41) is 0. The minimum absolute atomic E-state index is 0.362. The van der Waals surface area contributed by atoms with Crippen LogP contribution in [0.1, 0.15) is 99.3 Å². The first-order valence-corrected chi connectivity index (χ1v) is 10.8. The number of fused-ring (bicyclic) bond motifs is 5. The van der Waals surface area contributed by atoms with Crippen LogP contribution in [-0.2, 0) is 4.79 Å². The molecule has 3 fully saturated rings. The van der Waals surface area contributed by atoms with Crippen molar-refractivity contribution in [3.8, 4) is 0 Å². The van der Waals surface area contributed by atoms with Crippen molar-refractivity contribution in [3.63, 3.8) is 0 Å². The lowest BCUT2D eigenvalue weighted by atomic mass is 9.47. The summed E-state index contributed by atoms with van der Waals surface area (Å²) in [5.74, 6) is 3.19. The van der Waals surface area contributed by atoms with Crippen LogP contribution in [0.25, 0.3) is 0 Å². The minimum Gasteiger partial charge on any atom is -0.295 e. The van der Waals surface area contributed by atoms with E-state index >= 15 is 0 Å². The van der Waals surface area contributed by atoms with Gasteiger partial charge in [-0.2, -0.15) is 0 Å². The van der Waals surface area contributed by atoms with E-state index in [9.17, 15) is 4.79 Å². The van der Waals surface area contributed by atoms with Crippen molar-refractivity contribution in [2.75, 3.05) is 0 Å². The third-order valence-corrected chi connectivity index (χ3v) is 7.74. The maximum absolute atomic E-state index is 11.8. The summed E-state index contributed by atoms with van der Waals surface area (Å²) in [6, 6.07) is 0. The Morgan fingerprint density at radius 1 is 0.875 bits per heavy atom. The molecule has 0 aliphatic heterocycles. The molecule has 4 aliphatic carbocycles. The van der Waals surface area contributed by atoms with Gasteiger partial charge in [-0.1, -0.05) is 53.5 Å². The average molecular weight is 333 g/mol. The van der Waals surface area contributed by atoms with E-state index in [-0.39, 0.29) is 0 Å². The van der Waals surface area contributed by atoms with Crippen molar-refractivity contribution in [2.45, 2.75) is 99.3 Å². The quantitative estimate of drug-likeness (QED) is 0.468. The second-order valence-corrected chi connectivity index (χ2v) is 8.55. The Bertz CT molecular complexity index is 476. The summed E-state index contributed by atoms with van der Waals surface area (Å²) in [6.45, 7) is 13.1. The SMILES string of the molecule is CC.CC.CC12CCCC1C1CCC3=CC(=O)CCC3(C)C1CC2. The second-order valence-electron chi connectivity index (χ2n) is 8.55. The van der Waals surface area contributed by atoms with Gasteiger partial charge in [0.05, 0.1) is 0 Å². The first-order valence-electron chi connectivity index (χ1n) is 10.8. The maximum Gasteiger partial charge on any atom is 0.155 e. The lowest BCUT2D eigenvalue weighted by Gasteiger charge is -2.57. The third kappa shape index (κ3) is 3.13. The smallest absolute Gasteiger partial charge is 0.155 e. The highest BCUT2D eigenvalue weighted by molar-refractivity contribution is 5.91. The molecule has 0 N–H and O–H groups in total. The number of carbonyl (C=O) groups excluding carboxylic acids is 1. The molecule has 1 heteroatoms. The average Bonchev–Trinajstić information content (AvgIpc) is 3.01. The van der Waals surface area contributed by atoms with Gasteiger partial charge < -0.3 is 0 Å². The van der Waals surface area contributed by atoms with Gasteiger partial charge in [0.2, 0.25) is 0 Å². The predicted molar refractivity (Wildman–Crippen MR) is 104 cm³/mol. The molecule has 1 nitrogen and oxygen atoms in total. The largest absolute Gasteiger partial charge is 0.295 e. The van der Waals surface area contributed by atoms with E-state index in [0.717, 1.165) is 30.6 Å². The standard InChI is InChI=1S/C19H28O.2C2H6/c1-18-9-3-4-16(18)15-6-5-13-12-14(20)7-11-19(13,2)17(15)8-10-18;2*1-2/h12,15-17H,3-11H2,1-2H3;2*1-2H3. The summed E-state index contributed by atoms with van der Waals surface area (Å²) in [7, 11) is 0. The van der Waals surface area contributed by atoms with Crippen LogP contribution in [0.5, 0.6) is 0 Å². The Morgan fingerprint density at radius 3 is 2.29 bits per heavy atom. The fraction of sp³-hybridized carbons (Fsp3) is 0.870. The van der Waals surface area contributed by atoms with Gasteiger partial charge in [0.15, 0.2) is 5.78 Å². The Hall–Kier alpha value is -0.590. The van der Waals surface area contributed by atoms with Crippen molar-refractivity contribution in [2.24, 2.45) is 28.6 Å². The molecule has 4 rings (SSSR count). The first-order chi connectivity index (χ1) is 11.5. The number of allylic oxidation sites excluding steroid dienone is 1. The molecule has 5 unspecified atom stereocenters. The predicted octanol–water partition coefficient (Wildman–Crippen LogP) is 6.96. The molecule has 5 atom stereocenters. The number of ketones is 1. The van der Waals surface area contributed by atoms with Gasteiger partial charge in [0, 0.05) is 6.42 Å². The van der Waals surface area contributed by atoms with Gasteiger partial charge in [-0.25, -0.2) is 0 Å². The molecule has 0 spiro atoms. The molecular formula is C23H40O. The fourth-order valence-electron chi connectivity index (χ4n) is 6.55.